The predicted octanol–water partition coefficient (Wildman–Crippen LogP) is 3.96. The van der Waals surface area contributed by atoms with Crippen LogP contribution in [0.3, 0.4) is 0 Å². The Bertz CT molecular complexity index is 791. The molecule has 7 heteroatoms. The van der Waals surface area contributed by atoms with Gasteiger partial charge in [-0.05, 0) is 43.2 Å². The molecule has 2 aromatic rings. The number of hydrogen-bond acceptors (Lipinski definition) is 2. The van der Waals surface area contributed by atoms with Crippen LogP contribution in [0.2, 0.25) is 0 Å². The standard InChI is InChI=1S/C17H15F2N3O2/c18-12-3-1-2-4-14(12)22-17(24)20-11-7-8-13(19)15(9-11)21-16(23)10-5-6-10/h1-4,7-10H,5-6H2,(H,21,23)(H2,20,22,24). The van der Waals surface area contributed by atoms with Gasteiger partial charge in [-0.3, -0.25) is 4.79 Å². The summed E-state index contributed by atoms with van der Waals surface area (Å²) >= 11 is 0. The van der Waals surface area contributed by atoms with E-state index in [1.807, 2.05) is 0 Å². The lowest BCUT2D eigenvalue weighted by Gasteiger charge is -2.11. The summed E-state index contributed by atoms with van der Waals surface area (Å²) in [6, 6.07) is 8.86. The fraction of sp³-hybridized carbons (Fsp3) is 0.176. The Kier molecular flexibility index (Phi) is 4.41. The van der Waals surface area contributed by atoms with Crippen LogP contribution in [-0.2, 0) is 4.79 Å². The summed E-state index contributed by atoms with van der Waals surface area (Å²) in [5, 5.41) is 7.32. The topological polar surface area (TPSA) is 70.2 Å². The van der Waals surface area contributed by atoms with Crippen molar-refractivity contribution in [1.82, 2.24) is 0 Å². The van der Waals surface area contributed by atoms with Crippen LogP contribution in [0.4, 0.5) is 30.6 Å². The molecule has 1 aliphatic rings. The number of hydrogen-bond donors (Lipinski definition) is 3. The van der Waals surface area contributed by atoms with E-state index in [-0.39, 0.29) is 28.9 Å². The van der Waals surface area contributed by atoms with Crippen molar-refractivity contribution in [2.75, 3.05) is 16.0 Å². The van der Waals surface area contributed by atoms with E-state index in [0.29, 0.717) is 0 Å². The molecule has 0 radical (unpaired) electrons. The number of rotatable bonds is 4. The van der Waals surface area contributed by atoms with Crippen LogP contribution in [0.5, 0.6) is 0 Å². The van der Waals surface area contributed by atoms with E-state index in [4.69, 9.17) is 0 Å². The van der Waals surface area contributed by atoms with Gasteiger partial charge in [0.2, 0.25) is 5.91 Å². The van der Waals surface area contributed by atoms with E-state index in [1.54, 1.807) is 6.07 Å². The quantitative estimate of drug-likeness (QED) is 0.794. The molecule has 1 fully saturated rings. The number of nitrogens with one attached hydrogen (secondary N) is 3. The third-order valence-electron chi connectivity index (χ3n) is 3.55. The number of anilines is 3. The van der Waals surface area contributed by atoms with E-state index < -0.39 is 17.7 Å². The minimum Gasteiger partial charge on any atom is -0.323 e. The molecule has 3 rings (SSSR count). The molecule has 1 aliphatic carbocycles. The Balaban J connectivity index is 1.67. The number of carbonyl (C=O) groups is 2. The van der Waals surface area contributed by atoms with E-state index in [0.717, 1.165) is 18.9 Å². The number of amides is 3. The van der Waals surface area contributed by atoms with Crippen molar-refractivity contribution in [3.63, 3.8) is 0 Å². The van der Waals surface area contributed by atoms with Crippen LogP contribution in [0.1, 0.15) is 12.8 Å². The molecule has 0 aliphatic heterocycles. The lowest BCUT2D eigenvalue weighted by Crippen LogP contribution is -2.20. The summed E-state index contributed by atoms with van der Waals surface area (Å²) in [4.78, 5) is 23.6. The van der Waals surface area contributed by atoms with Crippen molar-refractivity contribution in [1.29, 1.82) is 0 Å². The molecule has 24 heavy (non-hydrogen) atoms. The minimum absolute atomic E-state index is 0.00408. The molecular formula is C17H15F2N3O2. The average molecular weight is 331 g/mol. The van der Waals surface area contributed by atoms with Crippen LogP contribution in [0, 0.1) is 17.6 Å². The van der Waals surface area contributed by atoms with E-state index in [2.05, 4.69) is 16.0 Å². The van der Waals surface area contributed by atoms with Crippen molar-refractivity contribution < 1.29 is 18.4 Å². The van der Waals surface area contributed by atoms with Gasteiger partial charge in [0.05, 0.1) is 11.4 Å². The van der Waals surface area contributed by atoms with E-state index >= 15 is 0 Å². The number of para-hydroxylation sites is 1. The molecule has 1 saturated carbocycles. The summed E-state index contributed by atoms with van der Waals surface area (Å²) in [6.07, 6.45) is 1.60. The summed E-state index contributed by atoms with van der Waals surface area (Å²) < 4.78 is 27.2. The Morgan fingerprint density at radius 1 is 0.875 bits per heavy atom. The summed E-state index contributed by atoms with van der Waals surface area (Å²) in [5.41, 5.74) is 0.297. The lowest BCUT2D eigenvalue weighted by molar-refractivity contribution is -0.117. The zero-order valence-electron chi connectivity index (χ0n) is 12.6. The first-order valence-corrected chi connectivity index (χ1v) is 7.46. The number of urea groups is 1. The van der Waals surface area contributed by atoms with Gasteiger partial charge in [-0.25, -0.2) is 13.6 Å². The third kappa shape index (κ3) is 3.87. The van der Waals surface area contributed by atoms with Crippen molar-refractivity contribution in [2.45, 2.75) is 12.8 Å². The second-order valence-electron chi connectivity index (χ2n) is 5.52. The SMILES string of the molecule is O=C(Nc1ccc(F)c(NC(=O)C2CC2)c1)Nc1ccccc1F. The van der Waals surface area contributed by atoms with Gasteiger partial charge in [-0.1, -0.05) is 12.1 Å². The van der Waals surface area contributed by atoms with Gasteiger partial charge in [0.15, 0.2) is 0 Å². The largest absolute Gasteiger partial charge is 0.323 e. The van der Waals surface area contributed by atoms with Crippen molar-refractivity contribution >= 4 is 29.0 Å². The third-order valence-corrected chi connectivity index (χ3v) is 3.55. The zero-order chi connectivity index (χ0) is 17.1. The molecule has 3 N–H and O–H groups in total. The van der Waals surface area contributed by atoms with Crippen LogP contribution >= 0.6 is 0 Å². The highest BCUT2D eigenvalue weighted by molar-refractivity contribution is 6.00. The van der Waals surface area contributed by atoms with Gasteiger partial charge in [-0.15, -0.1) is 0 Å². The van der Waals surface area contributed by atoms with Gasteiger partial charge >= 0.3 is 6.03 Å². The van der Waals surface area contributed by atoms with Gasteiger partial charge in [0, 0.05) is 11.6 Å². The van der Waals surface area contributed by atoms with Crippen LogP contribution in [0.15, 0.2) is 42.5 Å². The monoisotopic (exact) mass is 331 g/mol. The molecular weight excluding hydrogens is 316 g/mol. The Hall–Kier alpha value is -2.96. The number of benzene rings is 2. The van der Waals surface area contributed by atoms with Crippen molar-refractivity contribution in [2.24, 2.45) is 5.92 Å². The van der Waals surface area contributed by atoms with Gasteiger partial charge in [0.25, 0.3) is 0 Å². The van der Waals surface area contributed by atoms with Crippen LogP contribution in [-0.4, -0.2) is 11.9 Å². The maximum absolute atomic E-state index is 13.8. The Labute approximate surface area is 137 Å². The van der Waals surface area contributed by atoms with E-state index in [1.165, 1.54) is 30.3 Å². The second-order valence-corrected chi connectivity index (χ2v) is 5.52. The molecule has 3 amide bonds. The first-order valence-electron chi connectivity index (χ1n) is 7.46. The van der Waals surface area contributed by atoms with Gasteiger partial charge in [0.1, 0.15) is 11.6 Å². The fourth-order valence-electron chi connectivity index (χ4n) is 2.13. The molecule has 0 heterocycles. The lowest BCUT2D eigenvalue weighted by atomic mass is 10.2. The molecule has 5 nitrogen and oxygen atoms in total. The number of carbonyl (C=O) groups excluding carboxylic acids is 2. The van der Waals surface area contributed by atoms with Crippen molar-refractivity contribution in [3.05, 3.63) is 54.1 Å². The minimum atomic E-state index is -0.675. The highest BCUT2D eigenvalue weighted by Crippen LogP contribution is 2.31. The maximum atomic E-state index is 13.8. The van der Waals surface area contributed by atoms with Crippen LogP contribution in [0.25, 0.3) is 0 Å². The highest BCUT2D eigenvalue weighted by atomic mass is 19.1. The molecule has 0 atom stereocenters. The highest BCUT2D eigenvalue weighted by Gasteiger charge is 2.30. The molecule has 2 aromatic carbocycles. The zero-order valence-corrected chi connectivity index (χ0v) is 12.6. The second kappa shape index (κ2) is 6.66. The smallest absolute Gasteiger partial charge is 0.323 e. The van der Waals surface area contributed by atoms with Crippen LogP contribution < -0.4 is 16.0 Å². The first-order chi connectivity index (χ1) is 11.5. The Morgan fingerprint density at radius 3 is 2.29 bits per heavy atom. The molecule has 0 saturated heterocycles. The molecule has 124 valence electrons. The normalized spacial score (nSPS) is 13.2. The average Bonchev–Trinajstić information content (AvgIpc) is 3.38. The summed E-state index contributed by atoms with van der Waals surface area (Å²) in [7, 11) is 0. The molecule has 0 unspecified atom stereocenters. The molecule has 0 aromatic heterocycles. The number of halogens is 2. The fourth-order valence-corrected chi connectivity index (χ4v) is 2.13. The van der Waals surface area contributed by atoms with E-state index in [9.17, 15) is 18.4 Å². The van der Waals surface area contributed by atoms with Gasteiger partial charge < -0.3 is 16.0 Å². The summed E-state index contributed by atoms with van der Waals surface area (Å²) in [5.74, 6) is -1.46. The first kappa shape index (κ1) is 15.9. The molecule has 0 bridgehead atoms. The Morgan fingerprint density at radius 2 is 1.58 bits per heavy atom. The maximum Gasteiger partial charge on any atom is 0.323 e. The van der Waals surface area contributed by atoms with Crippen molar-refractivity contribution in [3.8, 4) is 0 Å². The molecule has 0 spiro atoms. The predicted molar refractivity (Wildman–Crippen MR) is 86.8 cm³/mol. The van der Waals surface area contributed by atoms with Gasteiger partial charge in [-0.2, -0.15) is 0 Å². The summed E-state index contributed by atoms with van der Waals surface area (Å²) in [6.45, 7) is 0.